The van der Waals surface area contributed by atoms with Gasteiger partial charge in [-0.3, -0.25) is 9.59 Å². The Kier molecular flexibility index (Phi) is 9.36. The summed E-state index contributed by atoms with van der Waals surface area (Å²) in [6.45, 7) is 2.75. The molecule has 2 aliphatic rings. The second-order valence-electron chi connectivity index (χ2n) is 9.73. The quantitative estimate of drug-likeness (QED) is 0.405. The molecule has 2 saturated heterocycles. The van der Waals surface area contributed by atoms with E-state index in [1.165, 1.54) is 11.0 Å². The zero-order chi connectivity index (χ0) is 27.5. The second kappa shape index (κ2) is 12.2. The maximum absolute atomic E-state index is 13.2. The Labute approximate surface area is 232 Å². The fourth-order valence-corrected chi connectivity index (χ4v) is 8.89. The second-order valence-corrected chi connectivity index (χ2v) is 15.1. The van der Waals surface area contributed by atoms with E-state index in [0.717, 1.165) is 28.9 Å². The molecule has 2 aliphatic heterocycles. The average molecular weight is 605 g/mol. The molecule has 0 bridgehead atoms. The van der Waals surface area contributed by atoms with Crippen molar-refractivity contribution < 1.29 is 26.4 Å². The van der Waals surface area contributed by atoms with Crippen LogP contribution < -0.4 is 9.44 Å². The first-order valence-electron chi connectivity index (χ1n) is 12.8. The molecule has 1 aromatic heterocycles. The smallest absolute Gasteiger partial charge is 0.250 e. The van der Waals surface area contributed by atoms with Crippen LogP contribution in [-0.4, -0.2) is 82.5 Å². The summed E-state index contributed by atoms with van der Waals surface area (Å²) in [7, 11) is -7.35. The number of rotatable bonds is 11. The number of hydrogen-bond donors (Lipinski definition) is 2. The third-order valence-electron chi connectivity index (χ3n) is 6.88. The Morgan fingerprint density at radius 2 is 1.89 bits per heavy atom. The minimum atomic E-state index is -3.95. The number of thiophene rings is 1. The lowest BCUT2D eigenvalue weighted by Gasteiger charge is -2.34. The van der Waals surface area contributed by atoms with Crippen molar-refractivity contribution in [3.63, 3.8) is 0 Å². The number of carbonyl (C=O) groups excluding carboxylic acids is 2. The predicted octanol–water partition coefficient (Wildman–Crippen LogP) is 2.53. The van der Waals surface area contributed by atoms with Crippen molar-refractivity contribution in [1.29, 1.82) is 0 Å². The number of likely N-dealkylation sites (tertiary alicyclic amines) is 2. The van der Waals surface area contributed by atoms with Crippen LogP contribution in [0, 0.1) is 0 Å². The lowest BCUT2D eigenvalue weighted by molar-refractivity contribution is -0.143. The zero-order valence-corrected chi connectivity index (χ0v) is 24.4. The number of piperidine rings is 1. The zero-order valence-electron chi connectivity index (χ0n) is 21.2. The molecule has 0 saturated carbocycles. The summed E-state index contributed by atoms with van der Waals surface area (Å²) in [6.07, 6.45) is 3.67. The molecule has 2 atom stereocenters. The topological polar surface area (TPSA) is 133 Å². The number of amides is 2. The number of sulfonamides is 2. The number of nitrogens with one attached hydrogen (secondary N) is 2. The molecular weight excluding hydrogens is 572 g/mol. The maximum Gasteiger partial charge on any atom is 0.250 e. The van der Waals surface area contributed by atoms with E-state index in [2.05, 4.69) is 9.44 Å². The molecular formula is C24H33ClN4O6S3. The van der Waals surface area contributed by atoms with Gasteiger partial charge in [0.1, 0.15) is 10.3 Å². The van der Waals surface area contributed by atoms with E-state index < -0.39 is 32.0 Å². The van der Waals surface area contributed by atoms with Crippen molar-refractivity contribution in [3.05, 3.63) is 29.3 Å². The van der Waals surface area contributed by atoms with Gasteiger partial charge >= 0.3 is 0 Å². The maximum atomic E-state index is 13.2. The molecule has 0 radical (unpaired) electrons. The van der Waals surface area contributed by atoms with Crippen LogP contribution in [0.4, 0.5) is 0 Å². The SMILES string of the molecule is CCCCS(=O)(=O)NC[C@@H]1CCCN1C(=O)CN1CCC[C@H](NS(=O)(=O)c2cc3cc(Cl)ccc3s2)C1=O. The number of carbonyl (C=O) groups is 2. The third-order valence-corrected chi connectivity index (χ3v) is 11.6. The number of hydrogen-bond acceptors (Lipinski definition) is 7. The van der Waals surface area contributed by atoms with Crippen LogP contribution in [0.5, 0.6) is 0 Å². The van der Waals surface area contributed by atoms with Crippen LogP contribution in [0.2, 0.25) is 5.02 Å². The Bertz CT molecular complexity index is 1400. The Hall–Kier alpha value is -1.77. The fourth-order valence-electron chi connectivity index (χ4n) is 4.83. The van der Waals surface area contributed by atoms with Gasteiger partial charge < -0.3 is 9.80 Å². The summed E-state index contributed by atoms with van der Waals surface area (Å²) >= 11 is 7.11. The van der Waals surface area contributed by atoms with Gasteiger partial charge in [-0.05, 0) is 61.8 Å². The number of benzene rings is 1. The van der Waals surface area contributed by atoms with Gasteiger partial charge in [-0.25, -0.2) is 21.6 Å². The number of unbranched alkanes of at least 4 members (excludes halogenated alkanes) is 1. The molecule has 0 unspecified atom stereocenters. The first kappa shape index (κ1) is 29.2. The number of nitrogens with zero attached hydrogens (tertiary/aromatic N) is 2. The van der Waals surface area contributed by atoms with Gasteiger partial charge in [0, 0.05) is 35.4 Å². The lowest BCUT2D eigenvalue weighted by atomic mass is 10.1. The minimum absolute atomic E-state index is 0.0546. The Morgan fingerprint density at radius 3 is 2.66 bits per heavy atom. The van der Waals surface area contributed by atoms with Crippen molar-refractivity contribution in [2.75, 3.05) is 31.9 Å². The van der Waals surface area contributed by atoms with Crippen LogP contribution in [-0.2, 0) is 29.6 Å². The summed E-state index contributed by atoms with van der Waals surface area (Å²) in [5.41, 5.74) is 0. The summed E-state index contributed by atoms with van der Waals surface area (Å²) in [5.74, 6) is -0.647. The van der Waals surface area contributed by atoms with Gasteiger partial charge in [0.25, 0.3) is 10.0 Å². The number of halogens is 1. The Morgan fingerprint density at radius 1 is 1.13 bits per heavy atom. The van der Waals surface area contributed by atoms with Crippen molar-refractivity contribution >= 4 is 64.9 Å². The third kappa shape index (κ3) is 7.05. The largest absolute Gasteiger partial charge is 0.337 e. The van der Waals surface area contributed by atoms with Crippen molar-refractivity contribution in [2.24, 2.45) is 0 Å². The van der Waals surface area contributed by atoms with Crippen molar-refractivity contribution in [1.82, 2.24) is 19.2 Å². The van der Waals surface area contributed by atoms with E-state index in [1.54, 1.807) is 23.1 Å². The van der Waals surface area contributed by atoms with Crippen LogP contribution in [0.25, 0.3) is 10.1 Å². The van der Waals surface area contributed by atoms with Crippen LogP contribution >= 0.6 is 22.9 Å². The highest BCUT2D eigenvalue weighted by Crippen LogP contribution is 2.31. The molecule has 2 fully saturated rings. The van der Waals surface area contributed by atoms with Crippen molar-refractivity contribution in [3.8, 4) is 0 Å². The normalized spacial score (nSPS) is 20.9. The molecule has 2 aromatic rings. The van der Waals surface area contributed by atoms with E-state index in [1.807, 2.05) is 6.92 Å². The molecule has 3 heterocycles. The van der Waals surface area contributed by atoms with E-state index in [9.17, 15) is 26.4 Å². The highest BCUT2D eigenvalue weighted by molar-refractivity contribution is 7.91. The standard InChI is InChI=1S/C24H33ClN4O6S3/c1-2-3-12-37(32,33)26-15-19-6-4-11-29(19)22(30)16-28-10-5-7-20(24(28)31)27-38(34,35)23-14-17-13-18(25)8-9-21(17)36-23/h8-9,13-14,19-20,26-27H,2-7,10-12,15-16H2,1H3/t19-,20-/m0/s1. The van der Waals surface area contributed by atoms with Crippen LogP contribution in [0.15, 0.2) is 28.5 Å². The first-order chi connectivity index (χ1) is 18.0. The molecule has 0 aliphatic carbocycles. The van der Waals surface area contributed by atoms with Crippen LogP contribution in [0.1, 0.15) is 45.4 Å². The molecule has 210 valence electrons. The molecule has 14 heteroatoms. The molecule has 10 nitrogen and oxygen atoms in total. The summed E-state index contributed by atoms with van der Waals surface area (Å²) in [5, 5.41) is 1.21. The minimum Gasteiger partial charge on any atom is -0.337 e. The molecule has 4 rings (SSSR count). The summed E-state index contributed by atoms with van der Waals surface area (Å²) in [4.78, 5) is 29.3. The lowest BCUT2D eigenvalue weighted by Crippen LogP contribution is -2.55. The van der Waals surface area contributed by atoms with Gasteiger partial charge in [0.15, 0.2) is 0 Å². The van der Waals surface area contributed by atoms with E-state index >= 15 is 0 Å². The molecule has 0 spiro atoms. The van der Waals surface area contributed by atoms with Gasteiger partial charge in [0.05, 0.1) is 12.3 Å². The van der Waals surface area contributed by atoms with Crippen molar-refractivity contribution in [2.45, 2.75) is 61.7 Å². The highest BCUT2D eigenvalue weighted by atomic mass is 35.5. The van der Waals surface area contributed by atoms with Gasteiger partial charge in [0.2, 0.25) is 21.8 Å². The summed E-state index contributed by atoms with van der Waals surface area (Å²) < 4.78 is 56.5. The van der Waals surface area contributed by atoms with Gasteiger partial charge in [-0.1, -0.05) is 24.9 Å². The molecule has 2 N–H and O–H groups in total. The summed E-state index contributed by atoms with van der Waals surface area (Å²) in [6, 6.07) is 5.43. The molecule has 1 aromatic carbocycles. The monoisotopic (exact) mass is 604 g/mol. The average Bonchev–Trinajstić information content (AvgIpc) is 3.51. The van der Waals surface area contributed by atoms with Gasteiger partial charge in [-0.2, -0.15) is 4.72 Å². The van der Waals surface area contributed by atoms with E-state index in [4.69, 9.17) is 11.6 Å². The Balaban J connectivity index is 1.37. The van der Waals surface area contributed by atoms with E-state index in [-0.39, 0.29) is 35.0 Å². The van der Waals surface area contributed by atoms with Crippen LogP contribution in [0.3, 0.4) is 0 Å². The predicted molar refractivity (Wildman–Crippen MR) is 148 cm³/mol. The van der Waals surface area contributed by atoms with E-state index in [0.29, 0.717) is 49.2 Å². The highest BCUT2D eigenvalue weighted by Gasteiger charge is 2.36. The molecule has 38 heavy (non-hydrogen) atoms. The molecule has 2 amide bonds. The van der Waals surface area contributed by atoms with Gasteiger partial charge in [-0.15, -0.1) is 11.3 Å². The number of fused-ring (bicyclic) bond motifs is 1. The fraction of sp³-hybridized carbons (Fsp3) is 0.583. The first-order valence-corrected chi connectivity index (χ1v) is 17.1.